The van der Waals surface area contributed by atoms with Gasteiger partial charge in [-0.1, -0.05) is 12.2 Å². The van der Waals surface area contributed by atoms with E-state index in [1.54, 1.807) is 18.3 Å². The number of carbonyl (C=O) groups is 2. The summed E-state index contributed by atoms with van der Waals surface area (Å²) in [5.74, 6) is -0.486. The molecule has 6 heteroatoms. The van der Waals surface area contributed by atoms with Gasteiger partial charge in [0, 0.05) is 12.1 Å². The van der Waals surface area contributed by atoms with Crippen LogP contribution in [0.2, 0.25) is 0 Å². The van der Waals surface area contributed by atoms with Gasteiger partial charge in [-0.25, -0.2) is 0 Å². The average molecular weight is 237 g/mol. The maximum atomic E-state index is 11.6. The summed E-state index contributed by atoms with van der Waals surface area (Å²) in [6.45, 7) is 0. The Hall–Kier alpha value is -1.69. The standard InChI is InChI=1S/C10H11N3O2S/c14-8(6-3-4-6)12-13-9(15)7-2-1-5-11-10(7)16/h1-2,5-6H,3-4H2,(H,11,16)(H,12,14)(H,13,15). The molecule has 1 fully saturated rings. The predicted molar refractivity (Wildman–Crippen MR) is 60.0 cm³/mol. The van der Waals surface area contributed by atoms with E-state index in [0.717, 1.165) is 12.8 Å². The number of aromatic nitrogens is 1. The summed E-state index contributed by atoms with van der Waals surface area (Å²) < 4.78 is 0.348. The average Bonchev–Trinajstić information content (AvgIpc) is 3.10. The van der Waals surface area contributed by atoms with Crippen LogP contribution in [0.3, 0.4) is 0 Å². The Morgan fingerprint density at radius 3 is 2.75 bits per heavy atom. The molecule has 16 heavy (non-hydrogen) atoms. The molecule has 0 spiro atoms. The predicted octanol–water partition coefficient (Wildman–Crippen LogP) is 0.915. The summed E-state index contributed by atoms with van der Waals surface area (Å²) in [5.41, 5.74) is 5.05. The van der Waals surface area contributed by atoms with Crippen LogP contribution < -0.4 is 10.9 Å². The minimum Gasteiger partial charge on any atom is -0.352 e. The van der Waals surface area contributed by atoms with E-state index in [4.69, 9.17) is 12.2 Å². The van der Waals surface area contributed by atoms with Crippen molar-refractivity contribution >= 4 is 24.0 Å². The number of H-pyrrole nitrogens is 1. The number of rotatable bonds is 2. The maximum Gasteiger partial charge on any atom is 0.272 e. The highest BCUT2D eigenvalue weighted by Gasteiger charge is 2.29. The van der Waals surface area contributed by atoms with Crippen molar-refractivity contribution in [2.24, 2.45) is 5.92 Å². The largest absolute Gasteiger partial charge is 0.352 e. The van der Waals surface area contributed by atoms with Crippen molar-refractivity contribution in [3.8, 4) is 0 Å². The zero-order chi connectivity index (χ0) is 11.5. The summed E-state index contributed by atoms with van der Waals surface area (Å²) in [4.78, 5) is 25.6. The molecule has 0 aromatic carbocycles. The number of hydrogen-bond donors (Lipinski definition) is 3. The summed E-state index contributed by atoms with van der Waals surface area (Å²) in [6.07, 6.45) is 3.43. The normalized spacial score (nSPS) is 14.2. The smallest absolute Gasteiger partial charge is 0.272 e. The van der Waals surface area contributed by atoms with Crippen molar-refractivity contribution in [2.45, 2.75) is 12.8 Å². The number of hydrazine groups is 1. The van der Waals surface area contributed by atoms with Gasteiger partial charge < -0.3 is 4.98 Å². The quantitative estimate of drug-likeness (QED) is 0.529. The van der Waals surface area contributed by atoms with Crippen molar-refractivity contribution in [3.63, 3.8) is 0 Å². The molecule has 1 aromatic rings. The van der Waals surface area contributed by atoms with E-state index in [-0.39, 0.29) is 11.8 Å². The molecule has 0 aliphatic heterocycles. The topological polar surface area (TPSA) is 74.0 Å². The second-order valence-electron chi connectivity index (χ2n) is 3.63. The first-order valence-electron chi connectivity index (χ1n) is 4.96. The lowest BCUT2D eigenvalue weighted by molar-refractivity contribution is -0.123. The minimum atomic E-state index is -0.407. The first-order chi connectivity index (χ1) is 7.68. The van der Waals surface area contributed by atoms with Gasteiger partial charge in [-0.15, -0.1) is 0 Å². The molecule has 0 atom stereocenters. The van der Waals surface area contributed by atoms with Crippen LogP contribution >= 0.6 is 12.2 Å². The van der Waals surface area contributed by atoms with Gasteiger partial charge in [0.1, 0.15) is 4.64 Å². The van der Waals surface area contributed by atoms with Crippen molar-refractivity contribution in [1.82, 2.24) is 15.8 Å². The molecule has 0 saturated heterocycles. The molecule has 1 aromatic heterocycles. The number of nitrogens with one attached hydrogen (secondary N) is 3. The third kappa shape index (κ3) is 2.46. The highest BCUT2D eigenvalue weighted by molar-refractivity contribution is 7.71. The third-order valence-electron chi connectivity index (χ3n) is 2.31. The van der Waals surface area contributed by atoms with E-state index in [1.165, 1.54) is 0 Å². The maximum absolute atomic E-state index is 11.6. The van der Waals surface area contributed by atoms with E-state index in [0.29, 0.717) is 10.2 Å². The van der Waals surface area contributed by atoms with Crippen LogP contribution in [0.15, 0.2) is 18.3 Å². The lowest BCUT2D eigenvalue weighted by Crippen LogP contribution is -2.42. The van der Waals surface area contributed by atoms with Crippen LogP contribution in [0.5, 0.6) is 0 Å². The molecule has 1 heterocycles. The number of carbonyl (C=O) groups excluding carboxylic acids is 2. The van der Waals surface area contributed by atoms with Gasteiger partial charge in [-0.05, 0) is 25.0 Å². The summed E-state index contributed by atoms with van der Waals surface area (Å²) in [6, 6.07) is 3.27. The summed E-state index contributed by atoms with van der Waals surface area (Å²) in [5, 5.41) is 0. The monoisotopic (exact) mass is 237 g/mol. The molecule has 5 nitrogen and oxygen atoms in total. The van der Waals surface area contributed by atoms with Crippen molar-refractivity contribution in [2.75, 3.05) is 0 Å². The summed E-state index contributed by atoms with van der Waals surface area (Å²) >= 11 is 4.94. The molecule has 84 valence electrons. The Morgan fingerprint density at radius 1 is 1.38 bits per heavy atom. The van der Waals surface area contributed by atoms with Crippen LogP contribution in [0.4, 0.5) is 0 Å². The fourth-order valence-electron chi connectivity index (χ4n) is 1.23. The van der Waals surface area contributed by atoms with E-state index >= 15 is 0 Å². The molecule has 0 radical (unpaired) electrons. The first-order valence-corrected chi connectivity index (χ1v) is 5.37. The minimum absolute atomic E-state index is 0.0607. The second-order valence-corrected chi connectivity index (χ2v) is 4.04. The third-order valence-corrected chi connectivity index (χ3v) is 2.65. The number of hydrogen-bond acceptors (Lipinski definition) is 3. The number of amides is 2. The van der Waals surface area contributed by atoms with Gasteiger partial charge in [-0.2, -0.15) is 0 Å². The van der Waals surface area contributed by atoms with Gasteiger partial charge in [0.2, 0.25) is 5.91 Å². The molecular formula is C10H11N3O2S. The summed E-state index contributed by atoms with van der Waals surface area (Å²) in [7, 11) is 0. The van der Waals surface area contributed by atoms with E-state index in [2.05, 4.69) is 15.8 Å². The lowest BCUT2D eigenvalue weighted by atomic mass is 10.3. The van der Waals surface area contributed by atoms with Gasteiger partial charge in [-0.3, -0.25) is 20.4 Å². The van der Waals surface area contributed by atoms with Crippen LogP contribution in [0, 0.1) is 10.6 Å². The molecule has 1 aliphatic rings. The van der Waals surface area contributed by atoms with E-state index < -0.39 is 5.91 Å². The lowest BCUT2D eigenvalue weighted by Gasteiger charge is -2.06. The number of aromatic amines is 1. The fourth-order valence-corrected chi connectivity index (χ4v) is 1.46. The Kier molecular flexibility index (Phi) is 3.00. The van der Waals surface area contributed by atoms with Gasteiger partial charge in [0.05, 0.1) is 5.56 Å². The van der Waals surface area contributed by atoms with Crippen LogP contribution in [0.25, 0.3) is 0 Å². The molecule has 2 rings (SSSR count). The van der Waals surface area contributed by atoms with Gasteiger partial charge >= 0.3 is 0 Å². The van der Waals surface area contributed by atoms with Gasteiger partial charge in [0.25, 0.3) is 5.91 Å². The van der Waals surface area contributed by atoms with Crippen LogP contribution in [-0.4, -0.2) is 16.8 Å². The van der Waals surface area contributed by atoms with Crippen LogP contribution in [-0.2, 0) is 4.79 Å². The zero-order valence-corrected chi connectivity index (χ0v) is 9.26. The van der Waals surface area contributed by atoms with E-state index in [9.17, 15) is 9.59 Å². The molecular weight excluding hydrogens is 226 g/mol. The highest BCUT2D eigenvalue weighted by atomic mass is 32.1. The van der Waals surface area contributed by atoms with Crippen molar-refractivity contribution in [3.05, 3.63) is 28.5 Å². The molecule has 1 aliphatic carbocycles. The molecule has 3 N–H and O–H groups in total. The Balaban J connectivity index is 1.95. The molecule has 0 bridgehead atoms. The Morgan fingerprint density at radius 2 is 2.12 bits per heavy atom. The number of pyridine rings is 1. The van der Waals surface area contributed by atoms with Crippen molar-refractivity contribution < 1.29 is 9.59 Å². The molecule has 2 amide bonds. The highest BCUT2D eigenvalue weighted by Crippen LogP contribution is 2.28. The SMILES string of the molecule is O=C(NNC(=O)C1CC1)c1ccc[nH]c1=S. The molecule has 0 unspecified atom stereocenters. The Labute approximate surface area is 97.2 Å². The van der Waals surface area contributed by atoms with E-state index in [1.807, 2.05) is 0 Å². The fraction of sp³-hybridized carbons (Fsp3) is 0.300. The van der Waals surface area contributed by atoms with Crippen molar-refractivity contribution in [1.29, 1.82) is 0 Å². The Bertz CT molecular complexity index is 479. The van der Waals surface area contributed by atoms with Gasteiger partial charge in [0.15, 0.2) is 0 Å². The first kappa shape index (κ1) is 10.8. The zero-order valence-electron chi connectivity index (χ0n) is 8.45. The molecule has 1 saturated carbocycles. The second kappa shape index (κ2) is 4.44. The van der Waals surface area contributed by atoms with Crippen LogP contribution in [0.1, 0.15) is 23.2 Å².